The van der Waals surface area contributed by atoms with Crippen molar-refractivity contribution in [1.82, 2.24) is 10.2 Å². The van der Waals surface area contributed by atoms with Crippen LogP contribution in [-0.2, 0) is 9.84 Å². The van der Waals surface area contributed by atoms with Gasteiger partial charge in [-0.2, -0.15) is 0 Å². The molecule has 3 rings (SSSR count). The van der Waals surface area contributed by atoms with Crippen LogP contribution in [0.25, 0.3) is 0 Å². The number of urea groups is 1. The Bertz CT molecular complexity index is 957. The molecule has 0 saturated carbocycles. The number of benzene rings is 1. The zero-order valence-corrected chi connectivity index (χ0v) is 19.4. The molecule has 0 aromatic heterocycles. The second kappa shape index (κ2) is 8.94. The number of nitrogens with zero attached hydrogens (tertiary/aromatic N) is 1. The van der Waals surface area contributed by atoms with Crippen molar-refractivity contribution in [3.8, 4) is 5.75 Å². The number of amides is 2. The third-order valence-corrected chi connectivity index (χ3v) is 8.94. The Morgan fingerprint density at radius 3 is 2.53 bits per heavy atom. The molecule has 1 aromatic rings. The van der Waals surface area contributed by atoms with E-state index in [0.29, 0.717) is 18.0 Å². The van der Waals surface area contributed by atoms with Crippen molar-refractivity contribution in [3.63, 3.8) is 0 Å². The fourth-order valence-corrected chi connectivity index (χ4v) is 6.19. The molecule has 0 spiro atoms. The van der Waals surface area contributed by atoms with Gasteiger partial charge in [0.25, 0.3) is 0 Å². The normalized spacial score (nSPS) is 20.3. The number of carbonyl (C=O) groups is 1. The molecule has 1 aliphatic carbocycles. The minimum absolute atomic E-state index is 0.0365. The van der Waals surface area contributed by atoms with Gasteiger partial charge < -0.3 is 20.6 Å². The number of halogens is 2. The predicted octanol–water partition coefficient (Wildman–Crippen LogP) is 4.10. The number of sulfone groups is 1. The van der Waals surface area contributed by atoms with E-state index < -0.39 is 26.4 Å². The number of hydrogen-bond donors (Lipinski definition) is 3. The topological polar surface area (TPSA) is 98.7 Å². The Hall–Kier alpha value is -1.48. The Morgan fingerprint density at radius 1 is 1.27 bits per heavy atom. The molecule has 1 saturated heterocycles. The molecule has 7 nitrogen and oxygen atoms in total. The molecular formula is C20H27Cl2N3O4S. The van der Waals surface area contributed by atoms with E-state index in [0.717, 1.165) is 32.4 Å². The van der Waals surface area contributed by atoms with Crippen LogP contribution < -0.4 is 10.6 Å². The highest BCUT2D eigenvalue weighted by Gasteiger charge is 2.41. The molecule has 2 amide bonds. The number of aromatic hydroxyl groups is 1. The van der Waals surface area contributed by atoms with Gasteiger partial charge in [0.2, 0.25) is 0 Å². The molecule has 1 aromatic carbocycles. The first-order valence-electron chi connectivity index (χ1n) is 9.94. The van der Waals surface area contributed by atoms with Crippen molar-refractivity contribution in [2.24, 2.45) is 0 Å². The zero-order chi connectivity index (χ0) is 22.1. The minimum atomic E-state index is -4.00. The van der Waals surface area contributed by atoms with Gasteiger partial charge in [-0.05, 0) is 64.8 Å². The van der Waals surface area contributed by atoms with E-state index in [1.54, 1.807) is 13.8 Å². The van der Waals surface area contributed by atoms with Crippen molar-refractivity contribution >= 4 is 44.8 Å². The average Bonchev–Trinajstić information content (AvgIpc) is 3.29. The van der Waals surface area contributed by atoms with Crippen molar-refractivity contribution < 1.29 is 18.3 Å². The Kier molecular flexibility index (Phi) is 6.91. The number of carbonyl (C=O) groups excluding carboxylic acids is 1. The van der Waals surface area contributed by atoms with Crippen molar-refractivity contribution in [2.45, 2.75) is 55.2 Å². The minimum Gasteiger partial charge on any atom is -0.504 e. The quantitative estimate of drug-likeness (QED) is 0.537. The monoisotopic (exact) mass is 475 g/mol. The first-order valence-corrected chi connectivity index (χ1v) is 12.2. The highest BCUT2D eigenvalue weighted by atomic mass is 35.5. The number of hydrogen-bond acceptors (Lipinski definition) is 5. The van der Waals surface area contributed by atoms with E-state index in [4.69, 9.17) is 23.2 Å². The number of nitrogens with one attached hydrogen (secondary N) is 2. The van der Waals surface area contributed by atoms with Crippen LogP contribution in [0.3, 0.4) is 0 Å². The van der Waals surface area contributed by atoms with Crippen LogP contribution in [-0.4, -0.2) is 54.9 Å². The molecule has 1 aliphatic heterocycles. The van der Waals surface area contributed by atoms with Gasteiger partial charge in [0.15, 0.2) is 15.6 Å². The molecule has 0 radical (unpaired) electrons. The lowest BCUT2D eigenvalue weighted by atomic mass is 10.2. The highest BCUT2D eigenvalue weighted by Crippen LogP contribution is 2.41. The van der Waals surface area contributed by atoms with E-state index in [1.165, 1.54) is 12.1 Å². The maximum Gasteiger partial charge on any atom is 0.319 e. The van der Waals surface area contributed by atoms with Gasteiger partial charge in [-0.3, -0.25) is 0 Å². The van der Waals surface area contributed by atoms with Gasteiger partial charge in [-0.25, -0.2) is 13.2 Å². The maximum absolute atomic E-state index is 13.4. The van der Waals surface area contributed by atoms with Crippen LogP contribution >= 0.6 is 23.2 Å². The summed E-state index contributed by atoms with van der Waals surface area (Å²) in [5.74, 6) is -0.569. The van der Waals surface area contributed by atoms with Gasteiger partial charge in [-0.15, -0.1) is 0 Å². The molecule has 10 heteroatoms. The van der Waals surface area contributed by atoms with Crippen LogP contribution in [0.15, 0.2) is 28.1 Å². The lowest BCUT2D eigenvalue weighted by molar-refractivity contribution is 0.250. The number of likely N-dealkylation sites (tertiary alicyclic amines) is 1. The summed E-state index contributed by atoms with van der Waals surface area (Å²) in [6.45, 7) is 5.27. The molecule has 1 fully saturated rings. The third-order valence-electron chi connectivity index (χ3n) is 5.56. The number of anilines is 1. The molecule has 2 aliphatic rings. The standard InChI is InChI=1S/C20H27Cl2N3O4S/c1-20(2,12-25-10-3-4-11-25)30(28,29)18-14(22)8-9-16(17(18)26)24-19(27)23-15-7-5-6-13(15)21/h6,8-9,15,26H,3-5,7,10-12H2,1-2H3,(H2,23,24,27)/t15-/m1/s1. The molecule has 0 bridgehead atoms. The smallest absolute Gasteiger partial charge is 0.319 e. The fourth-order valence-electron chi connectivity index (χ4n) is 3.87. The van der Waals surface area contributed by atoms with Crippen molar-refractivity contribution in [3.05, 3.63) is 28.3 Å². The largest absolute Gasteiger partial charge is 0.504 e. The summed E-state index contributed by atoms with van der Waals surface area (Å²) in [5, 5.41) is 16.4. The van der Waals surface area contributed by atoms with Crippen LogP contribution in [0, 0.1) is 0 Å². The number of phenolic OH excluding ortho intramolecular Hbond substituents is 1. The predicted molar refractivity (Wildman–Crippen MR) is 119 cm³/mol. The highest BCUT2D eigenvalue weighted by molar-refractivity contribution is 7.93. The van der Waals surface area contributed by atoms with Gasteiger partial charge in [0.1, 0.15) is 4.90 Å². The van der Waals surface area contributed by atoms with E-state index in [2.05, 4.69) is 15.5 Å². The molecule has 166 valence electrons. The summed E-state index contributed by atoms with van der Waals surface area (Å²) >= 11 is 12.2. The van der Waals surface area contributed by atoms with E-state index in [1.807, 2.05) is 6.08 Å². The zero-order valence-electron chi connectivity index (χ0n) is 17.0. The summed E-state index contributed by atoms with van der Waals surface area (Å²) in [7, 11) is -4.00. The SMILES string of the molecule is CC(C)(CN1CCCC1)S(=O)(=O)c1c(Cl)ccc(NC(=O)N[C@@H]2CCC=C2Cl)c1O. The fraction of sp³-hybridized carbons (Fsp3) is 0.550. The molecular weight excluding hydrogens is 449 g/mol. The van der Waals surface area contributed by atoms with E-state index in [-0.39, 0.29) is 21.6 Å². The Morgan fingerprint density at radius 2 is 1.93 bits per heavy atom. The summed E-state index contributed by atoms with van der Waals surface area (Å²) in [5.41, 5.74) is -0.0365. The van der Waals surface area contributed by atoms with Gasteiger partial charge in [0.05, 0.1) is 21.5 Å². The first kappa shape index (κ1) is 23.2. The Labute approximate surface area is 187 Å². The lowest BCUT2D eigenvalue weighted by Crippen LogP contribution is -2.43. The number of allylic oxidation sites excluding steroid dienone is 1. The molecule has 3 N–H and O–H groups in total. The second-order valence-corrected chi connectivity index (χ2v) is 11.7. The second-order valence-electron chi connectivity index (χ2n) is 8.34. The lowest BCUT2D eigenvalue weighted by Gasteiger charge is -2.30. The summed E-state index contributed by atoms with van der Waals surface area (Å²) in [4.78, 5) is 14.1. The van der Waals surface area contributed by atoms with Crippen molar-refractivity contribution in [2.75, 3.05) is 25.0 Å². The summed E-state index contributed by atoms with van der Waals surface area (Å²) in [6, 6.07) is 1.84. The number of rotatable bonds is 6. The van der Waals surface area contributed by atoms with Gasteiger partial charge in [0, 0.05) is 11.6 Å². The molecule has 0 unspecified atom stereocenters. The molecule has 1 atom stereocenters. The number of phenols is 1. The van der Waals surface area contributed by atoms with Crippen molar-refractivity contribution in [1.29, 1.82) is 0 Å². The average molecular weight is 476 g/mol. The van der Waals surface area contributed by atoms with Crippen LogP contribution in [0.1, 0.15) is 39.5 Å². The summed E-state index contributed by atoms with van der Waals surface area (Å²) in [6.07, 6.45) is 5.36. The van der Waals surface area contributed by atoms with Crippen LogP contribution in [0.4, 0.5) is 10.5 Å². The van der Waals surface area contributed by atoms with E-state index >= 15 is 0 Å². The summed E-state index contributed by atoms with van der Waals surface area (Å²) < 4.78 is 25.7. The Balaban J connectivity index is 1.84. The maximum atomic E-state index is 13.4. The third kappa shape index (κ3) is 4.72. The first-order chi connectivity index (χ1) is 14.0. The van der Waals surface area contributed by atoms with Crippen LogP contribution in [0.5, 0.6) is 5.75 Å². The van der Waals surface area contributed by atoms with Gasteiger partial charge >= 0.3 is 6.03 Å². The van der Waals surface area contributed by atoms with Crippen LogP contribution in [0.2, 0.25) is 5.02 Å². The molecule has 30 heavy (non-hydrogen) atoms. The van der Waals surface area contributed by atoms with Gasteiger partial charge in [-0.1, -0.05) is 29.3 Å². The van der Waals surface area contributed by atoms with E-state index in [9.17, 15) is 18.3 Å². The molecule has 1 heterocycles.